The SMILES string of the molecule is O=[N+]([O-])c1ccc(-c2csc(N=Cc3ccc(F)cc3)n2)cc1. The highest BCUT2D eigenvalue weighted by atomic mass is 32.1. The first kappa shape index (κ1) is 15.0. The van der Waals surface area contributed by atoms with E-state index < -0.39 is 4.92 Å². The molecule has 0 aliphatic carbocycles. The molecular weight excluding hydrogens is 317 g/mol. The molecule has 23 heavy (non-hydrogen) atoms. The van der Waals surface area contributed by atoms with Crippen LogP contribution in [0.3, 0.4) is 0 Å². The molecule has 114 valence electrons. The van der Waals surface area contributed by atoms with Crippen LogP contribution in [0.1, 0.15) is 5.56 Å². The summed E-state index contributed by atoms with van der Waals surface area (Å²) in [5, 5.41) is 13.0. The van der Waals surface area contributed by atoms with Gasteiger partial charge in [-0.1, -0.05) is 12.1 Å². The third-order valence-electron chi connectivity index (χ3n) is 3.06. The fraction of sp³-hybridized carbons (Fsp3) is 0. The minimum Gasteiger partial charge on any atom is -0.258 e. The van der Waals surface area contributed by atoms with Crippen LogP contribution in [-0.4, -0.2) is 16.1 Å². The third kappa shape index (κ3) is 3.64. The normalized spacial score (nSPS) is 11.0. The van der Waals surface area contributed by atoms with E-state index in [4.69, 9.17) is 0 Å². The van der Waals surface area contributed by atoms with Crippen molar-refractivity contribution in [3.8, 4) is 11.3 Å². The Kier molecular flexibility index (Phi) is 4.20. The van der Waals surface area contributed by atoms with Crippen molar-refractivity contribution in [2.75, 3.05) is 0 Å². The highest BCUT2D eigenvalue weighted by molar-refractivity contribution is 7.13. The van der Waals surface area contributed by atoms with Crippen LogP contribution in [0.5, 0.6) is 0 Å². The van der Waals surface area contributed by atoms with Crippen molar-refractivity contribution < 1.29 is 9.31 Å². The van der Waals surface area contributed by atoms with Gasteiger partial charge in [-0.3, -0.25) is 10.1 Å². The van der Waals surface area contributed by atoms with Crippen molar-refractivity contribution in [1.82, 2.24) is 4.98 Å². The van der Waals surface area contributed by atoms with Crippen LogP contribution in [0.4, 0.5) is 15.2 Å². The first-order chi connectivity index (χ1) is 11.1. The van der Waals surface area contributed by atoms with Gasteiger partial charge in [-0.15, -0.1) is 11.3 Å². The van der Waals surface area contributed by atoms with E-state index in [1.165, 1.54) is 35.6 Å². The molecule has 0 unspecified atom stereocenters. The molecule has 1 aromatic heterocycles. The zero-order valence-electron chi connectivity index (χ0n) is 11.7. The predicted molar refractivity (Wildman–Crippen MR) is 87.9 cm³/mol. The molecule has 0 bridgehead atoms. The molecule has 0 fully saturated rings. The average Bonchev–Trinajstić information content (AvgIpc) is 3.03. The van der Waals surface area contributed by atoms with Gasteiger partial charge in [-0.05, 0) is 29.8 Å². The number of nitrogens with zero attached hydrogens (tertiary/aromatic N) is 3. The lowest BCUT2D eigenvalue weighted by atomic mass is 10.1. The molecule has 7 heteroatoms. The maximum absolute atomic E-state index is 12.8. The molecule has 0 saturated heterocycles. The van der Waals surface area contributed by atoms with Gasteiger partial charge in [0.15, 0.2) is 0 Å². The quantitative estimate of drug-likeness (QED) is 0.399. The molecule has 0 radical (unpaired) electrons. The summed E-state index contributed by atoms with van der Waals surface area (Å²) in [7, 11) is 0. The van der Waals surface area contributed by atoms with Gasteiger partial charge in [0, 0.05) is 29.3 Å². The zero-order valence-corrected chi connectivity index (χ0v) is 12.5. The number of non-ortho nitro benzene ring substituents is 1. The summed E-state index contributed by atoms with van der Waals surface area (Å²) in [5.41, 5.74) is 2.31. The smallest absolute Gasteiger partial charge is 0.258 e. The highest BCUT2D eigenvalue weighted by Crippen LogP contribution is 2.27. The predicted octanol–water partition coefficient (Wildman–Crippen LogP) is 4.61. The number of thiazole rings is 1. The first-order valence-electron chi connectivity index (χ1n) is 6.62. The average molecular weight is 327 g/mol. The molecular formula is C16H10FN3O2S. The molecule has 0 spiro atoms. The maximum atomic E-state index is 12.8. The standard InChI is InChI=1S/C16H10FN3O2S/c17-13-5-1-11(2-6-13)9-18-16-19-15(10-23-16)12-3-7-14(8-4-12)20(21)22/h1-10H. The number of halogens is 1. The monoisotopic (exact) mass is 327 g/mol. The van der Waals surface area contributed by atoms with Crippen LogP contribution >= 0.6 is 11.3 Å². The minimum atomic E-state index is -0.441. The van der Waals surface area contributed by atoms with Gasteiger partial charge in [0.25, 0.3) is 5.69 Å². The minimum absolute atomic E-state index is 0.0403. The molecule has 0 aliphatic rings. The Morgan fingerprint density at radius 3 is 2.48 bits per heavy atom. The lowest BCUT2D eigenvalue weighted by molar-refractivity contribution is -0.384. The summed E-state index contributed by atoms with van der Waals surface area (Å²) >= 11 is 1.36. The lowest BCUT2D eigenvalue weighted by Gasteiger charge is -1.95. The van der Waals surface area contributed by atoms with Gasteiger partial charge in [0.1, 0.15) is 5.82 Å². The largest absolute Gasteiger partial charge is 0.269 e. The number of benzene rings is 2. The van der Waals surface area contributed by atoms with Crippen LogP contribution in [-0.2, 0) is 0 Å². The number of aromatic nitrogens is 1. The lowest BCUT2D eigenvalue weighted by Crippen LogP contribution is -1.87. The highest BCUT2D eigenvalue weighted by Gasteiger charge is 2.07. The van der Waals surface area contributed by atoms with E-state index in [2.05, 4.69) is 9.98 Å². The first-order valence-corrected chi connectivity index (χ1v) is 7.50. The summed E-state index contributed by atoms with van der Waals surface area (Å²) in [6.45, 7) is 0. The Labute approximate surface area is 134 Å². The second-order valence-electron chi connectivity index (χ2n) is 4.63. The van der Waals surface area contributed by atoms with Gasteiger partial charge in [-0.25, -0.2) is 14.4 Å². The Morgan fingerprint density at radius 2 is 1.83 bits per heavy atom. The molecule has 3 rings (SSSR count). The number of aliphatic imine (C=N–C) groups is 1. The van der Waals surface area contributed by atoms with E-state index in [0.717, 1.165) is 11.1 Å². The van der Waals surface area contributed by atoms with Crippen molar-refractivity contribution in [3.63, 3.8) is 0 Å². The molecule has 0 N–H and O–H groups in total. The number of rotatable bonds is 4. The number of hydrogen-bond acceptors (Lipinski definition) is 5. The molecule has 0 atom stereocenters. The fourth-order valence-electron chi connectivity index (χ4n) is 1.89. The number of nitro benzene ring substituents is 1. The topological polar surface area (TPSA) is 68.4 Å². The summed E-state index contributed by atoms with van der Waals surface area (Å²) in [6.07, 6.45) is 1.61. The van der Waals surface area contributed by atoms with Crippen molar-refractivity contribution in [3.05, 3.63) is 75.4 Å². The maximum Gasteiger partial charge on any atom is 0.269 e. The second kappa shape index (κ2) is 6.45. The van der Waals surface area contributed by atoms with Gasteiger partial charge in [-0.2, -0.15) is 0 Å². The summed E-state index contributed by atoms with van der Waals surface area (Å²) < 4.78 is 12.8. The van der Waals surface area contributed by atoms with Crippen molar-refractivity contribution >= 4 is 28.4 Å². The van der Waals surface area contributed by atoms with E-state index in [9.17, 15) is 14.5 Å². The summed E-state index contributed by atoms with van der Waals surface area (Å²) in [4.78, 5) is 18.8. The summed E-state index contributed by atoms with van der Waals surface area (Å²) in [5.74, 6) is -0.295. The van der Waals surface area contributed by atoms with Crippen LogP contribution < -0.4 is 0 Å². The summed E-state index contributed by atoms with van der Waals surface area (Å²) in [6, 6.07) is 12.2. The fourth-order valence-corrected chi connectivity index (χ4v) is 2.56. The van der Waals surface area contributed by atoms with Crippen LogP contribution in [0.2, 0.25) is 0 Å². The van der Waals surface area contributed by atoms with E-state index in [1.54, 1.807) is 30.5 Å². The number of nitro groups is 1. The van der Waals surface area contributed by atoms with Crippen LogP contribution in [0.15, 0.2) is 58.9 Å². The molecule has 1 heterocycles. The van der Waals surface area contributed by atoms with Crippen molar-refractivity contribution in [2.45, 2.75) is 0 Å². The Balaban J connectivity index is 1.77. The van der Waals surface area contributed by atoms with Gasteiger partial charge < -0.3 is 0 Å². The molecule has 0 amide bonds. The van der Waals surface area contributed by atoms with E-state index in [1.807, 2.05) is 5.38 Å². The molecule has 0 saturated carbocycles. The third-order valence-corrected chi connectivity index (χ3v) is 3.81. The van der Waals surface area contributed by atoms with E-state index in [0.29, 0.717) is 10.8 Å². The van der Waals surface area contributed by atoms with E-state index in [-0.39, 0.29) is 11.5 Å². The number of hydrogen-bond donors (Lipinski definition) is 0. The second-order valence-corrected chi connectivity index (χ2v) is 5.47. The van der Waals surface area contributed by atoms with Crippen LogP contribution in [0.25, 0.3) is 11.3 Å². The molecule has 0 aliphatic heterocycles. The Hall–Kier alpha value is -2.93. The van der Waals surface area contributed by atoms with Crippen molar-refractivity contribution in [1.29, 1.82) is 0 Å². The van der Waals surface area contributed by atoms with E-state index >= 15 is 0 Å². The Bertz CT molecular complexity index is 858. The molecule has 2 aromatic carbocycles. The van der Waals surface area contributed by atoms with Gasteiger partial charge in [0.05, 0.1) is 10.6 Å². The zero-order chi connectivity index (χ0) is 16.2. The molecule has 5 nitrogen and oxygen atoms in total. The van der Waals surface area contributed by atoms with Crippen LogP contribution in [0, 0.1) is 15.9 Å². The Morgan fingerprint density at radius 1 is 1.13 bits per heavy atom. The van der Waals surface area contributed by atoms with Gasteiger partial charge >= 0.3 is 0 Å². The van der Waals surface area contributed by atoms with Gasteiger partial charge in [0.2, 0.25) is 5.13 Å². The van der Waals surface area contributed by atoms with Crippen molar-refractivity contribution in [2.24, 2.45) is 4.99 Å². The molecule has 3 aromatic rings.